The van der Waals surface area contributed by atoms with Crippen LogP contribution in [0, 0.1) is 0 Å². The number of carbonyl (C=O) groups is 6. The molecule has 1 saturated heterocycles. The largest absolute Gasteiger partial charge is 0.361 e. The van der Waals surface area contributed by atoms with Crippen LogP contribution in [0.2, 0.25) is 0 Å². The molecule has 1 aliphatic rings. The van der Waals surface area contributed by atoms with E-state index in [0.717, 1.165) is 33.2 Å². The Labute approximate surface area is 382 Å². The first kappa shape index (κ1) is 46.4. The highest BCUT2D eigenvalue weighted by Crippen LogP contribution is 2.20. The number of nitrogens with two attached hydrogens (primary N) is 1. The molecule has 4 aromatic carbocycles. The molecular formula is C50H56N10O6. The molecule has 0 aliphatic carbocycles. The van der Waals surface area contributed by atoms with Crippen LogP contribution in [0.3, 0.4) is 0 Å². The quantitative estimate of drug-likeness (QED) is 0.0734. The van der Waals surface area contributed by atoms with Gasteiger partial charge in [-0.25, -0.2) is 4.98 Å². The predicted octanol–water partition coefficient (Wildman–Crippen LogP) is 2.46. The molecule has 342 valence electrons. The van der Waals surface area contributed by atoms with Crippen LogP contribution in [0.15, 0.2) is 134 Å². The number of nitrogens with one attached hydrogen (secondary N) is 8. The number of carbonyl (C=O) groups excluding carboxylic acids is 6. The molecule has 6 aromatic rings. The highest BCUT2D eigenvalue weighted by atomic mass is 16.2. The molecule has 3 heterocycles. The highest BCUT2D eigenvalue weighted by Gasteiger charge is 2.36. The summed E-state index contributed by atoms with van der Waals surface area (Å²) in [6, 6.07) is 27.5. The molecular weight excluding hydrogens is 837 g/mol. The number of unbranched alkanes of at least 4 members (excludes halogenated alkanes) is 1. The Kier molecular flexibility index (Phi) is 16.1. The number of imidazole rings is 1. The minimum absolute atomic E-state index is 0.0189. The molecule has 0 saturated carbocycles. The maximum Gasteiger partial charge on any atom is 0.243 e. The molecule has 0 bridgehead atoms. The van der Waals surface area contributed by atoms with E-state index in [0.29, 0.717) is 25.1 Å². The number of hydrogen-bond acceptors (Lipinski definition) is 8. The SMILES string of the molecule is NCCCC[C@@H]1NC(=O)[C@@H](Cc2cnc[nH]2)NC(=O)[C@H](Cc2ccccc2)NC(=O)[C@@H](Cc2ccccc2)NC(=O)[C@H](Cc2ccccc2)NC(=O)[C@@H](Cc2c[nH]c3ccccc23)NC1=O. The molecule has 66 heavy (non-hydrogen) atoms. The van der Waals surface area contributed by atoms with Crippen LogP contribution in [-0.4, -0.2) is 93.2 Å². The summed E-state index contributed by atoms with van der Waals surface area (Å²) in [5.74, 6) is -3.96. The highest BCUT2D eigenvalue weighted by molar-refractivity contribution is 5.99. The Bertz CT molecular complexity index is 2550. The van der Waals surface area contributed by atoms with Crippen molar-refractivity contribution in [1.29, 1.82) is 0 Å². The van der Waals surface area contributed by atoms with Gasteiger partial charge in [-0.05, 0) is 54.1 Å². The van der Waals surface area contributed by atoms with Gasteiger partial charge in [-0.15, -0.1) is 0 Å². The molecule has 6 amide bonds. The summed E-state index contributed by atoms with van der Waals surface area (Å²) in [6.45, 7) is 0.345. The molecule has 16 heteroatoms. The van der Waals surface area contributed by atoms with Crippen molar-refractivity contribution in [1.82, 2.24) is 46.9 Å². The Morgan fingerprint density at radius 3 is 1.30 bits per heavy atom. The fraction of sp³-hybridized carbons (Fsp3) is 0.300. The number of nitrogens with zero attached hydrogens (tertiary/aromatic N) is 1. The monoisotopic (exact) mass is 892 g/mol. The average molecular weight is 893 g/mol. The van der Waals surface area contributed by atoms with Gasteiger partial charge in [-0.2, -0.15) is 0 Å². The molecule has 10 N–H and O–H groups in total. The van der Waals surface area contributed by atoms with Crippen LogP contribution in [0.5, 0.6) is 0 Å². The van der Waals surface area contributed by atoms with Gasteiger partial charge < -0.3 is 47.6 Å². The second kappa shape index (κ2) is 22.9. The lowest BCUT2D eigenvalue weighted by atomic mass is 9.99. The summed E-state index contributed by atoms with van der Waals surface area (Å²) in [6.07, 6.45) is 6.01. The second-order valence-electron chi connectivity index (χ2n) is 16.6. The van der Waals surface area contributed by atoms with E-state index in [1.165, 1.54) is 12.5 Å². The normalized spacial score (nSPS) is 21.3. The van der Waals surface area contributed by atoms with Crippen molar-refractivity contribution in [3.8, 4) is 0 Å². The fourth-order valence-corrected chi connectivity index (χ4v) is 8.13. The minimum Gasteiger partial charge on any atom is -0.361 e. The van der Waals surface area contributed by atoms with E-state index in [2.05, 4.69) is 46.9 Å². The second-order valence-corrected chi connectivity index (χ2v) is 16.6. The zero-order chi connectivity index (χ0) is 46.3. The topological polar surface area (TPSA) is 245 Å². The zero-order valence-electron chi connectivity index (χ0n) is 36.5. The fourth-order valence-electron chi connectivity index (χ4n) is 8.13. The maximum atomic E-state index is 14.8. The van der Waals surface area contributed by atoms with Crippen LogP contribution < -0.4 is 37.6 Å². The number of hydrogen-bond donors (Lipinski definition) is 9. The number of fused-ring (bicyclic) bond motifs is 1. The van der Waals surface area contributed by atoms with Crippen LogP contribution in [0.4, 0.5) is 0 Å². The zero-order valence-corrected chi connectivity index (χ0v) is 36.5. The van der Waals surface area contributed by atoms with Gasteiger partial charge in [0.1, 0.15) is 36.3 Å². The van der Waals surface area contributed by atoms with Crippen LogP contribution >= 0.6 is 0 Å². The number of aromatic amines is 2. The van der Waals surface area contributed by atoms with Crippen molar-refractivity contribution < 1.29 is 28.8 Å². The van der Waals surface area contributed by atoms with Crippen molar-refractivity contribution in [2.75, 3.05) is 6.54 Å². The van der Waals surface area contributed by atoms with Crippen molar-refractivity contribution in [3.63, 3.8) is 0 Å². The lowest BCUT2D eigenvalue weighted by molar-refractivity contribution is -0.136. The summed E-state index contributed by atoms with van der Waals surface area (Å²) < 4.78 is 0. The lowest BCUT2D eigenvalue weighted by Crippen LogP contribution is -2.62. The van der Waals surface area contributed by atoms with Gasteiger partial charge >= 0.3 is 0 Å². The van der Waals surface area contributed by atoms with Gasteiger partial charge in [0.2, 0.25) is 35.4 Å². The lowest BCUT2D eigenvalue weighted by Gasteiger charge is -2.29. The van der Waals surface area contributed by atoms with Crippen LogP contribution in [0.25, 0.3) is 10.9 Å². The van der Waals surface area contributed by atoms with Crippen LogP contribution in [-0.2, 0) is 60.9 Å². The predicted molar refractivity (Wildman–Crippen MR) is 249 cm³/mol. The van der Waals surface area contributed by atoms with Gasteiger partial charge in [-0.1, -0.05) is 109 Å². The Morgan fingerprint density at radius 2 is 0.848 bits per heavy atom. The smallest absolute Gasteiger partial charge is 0.243 e. The van der Waals surface area contributed by atoms with Crippen LogP contribution in [0.1, 0.15) is 47.2 Å². The summed E-state index contributed by atoms with van der Waals surface area (Å²) in [4.78, 5) is 97.9. The summed E-state index contributed by atoms with van der Waals surface area (Å²) in [5.41, 5.74) is 10.1. The van der Waals surface area contributed by atoms with E-state index in [4.69, 9.17) is 5.73 Å². The van der Waals surface area contributed by atoms with E-state index in [1.54, 1.807) is 6.20 Å². The molecule has 0 radical (unpaired) electrons. The number of H-pyrrole nitrogens is 2. The van der Waals surface area contributed by atoms with Gasteiger partial charge in [0.15, 0.2) is 0 Å². The Morgan fingerprint density at radius 1 is 0.439 bits per heavy atom. The third kappa shape index (κ3) is 12.8. The number of amides is 6. The van der Waals surface area contributed by atoms with E-state index in [-0.39, 0.29) is 38.5 Å². The van der Waals surface area contributed by atoms with Gasteiger partial charge in [-0.3, -0.25) is 28.8 Å². The van der Waals surface area contributed by atoms with Crippen molar-refractivity contribution in [3.05, 3.63) is 162 Å². The average Bonchev–Trinajstić information content (AvgIpc) is 4.01. The van der Waals surface area contributed by atoms with Crippen molar-refractivity contribution in [2.24, 2.45) is 5.73 Å². The molecule has 1 fully saturated rings. The van der Waals surface area contributed by atoms with E-state index in [1.807, 2.05) is 115 Å². The molecule has 1 aliphatic heterocycles. The number of aromatic nitrogens is 3. The molecule has 7 rings (SSSR count). The maximum absolute atomic E-state index is 14.8. The summed E-state index contributed by atoms with van der Waals surface area (Å²) in [5, 5.41) is 18.2. The summed E-state index contributed by atoms with van der Waals surface area (Å²) >= 11 is 0. The van der Waals surface area contributed by atoms with E-state index in [9.17, 15) is 28.8 Å². The van der Waals surface area contributed by atoms with Gasteiger partial charge in [0.25, 0.3) is 0 Å². The number of rotatable bonds is 14. The Balaban J connectivity index is 1.30. The van der Waals surface area contributed by atoms with Gasteiger partial charge in [0, 0.05) is 61.1 Å². The van der Waals surface area contributed by atoms with Crippen molar-refractivity contribution in [2.45, 2.75) is 87.6 Å². The van der Waals surface area contributed by atoms with E-state index < -0.39 is 71.7 Å². The third-order valence-corrected chi connectivity index (χ3v) is 11.7. The first-order valence-electron chi connectivity index (χ1n) is 22.3. The first-order valence-corrected chi connectivity index (χ1v) is 22.3. The molecule has 6 atom stereocenters. The molecule has 16 nitrogen and oxygen atoms in total. The molecule has 2 aromatic heterocycles. The molecule has 0 spiro atoms. The van der Waals surface area contributed by atoms with Crippen molar-refractivity contribution >= 4 is 46.3 Å². The minimum atomic E-state index is -1.25. The summed E-state index contributed by atoms with van der Waals surface area (Å²) in [7, 11) is 0. The number of benzene rings is 4. The standard InChI is InChI=1S/C50H56N10O6/c51-23-13-12-22-39-45(61)59-43(27-35-29-53-38-21-11-10-20-37(35)38)49(65)58-41(25-33-16-6-2-7-17-33)47(63)56-40(24-32-14-4-1-5-15-32)46(62)57-42(26-34-18-8-3-9-19-34)48(64)60-44(50(66)55-39)28-36-30-52-31-54-36/h1-11,14-21,29-31,39-44,53H,12-13,22-28,51H2,(H,52,54)(H,55,66)(H,56,63)(H,57,62)(H,58,65)(H,59,61)(H,60,64)/t39-,40+,41-,42-,43+,44+/m0/s1. The van der Waals surface area contributed by atoms with Gasteiger partial charge in [0.05, 0.1) is 6.33 Å². The van der Waals surface area contributed by atoms with E-state index >= 15 is 0 Å². The Hall–Kier alpha value is -7.59. The first-order chi connectivity index (χ1) is 32.1. The molecule has 0 unspecified atom stereocenters. The third-order valence-electron chi connectivity index (χ3n) is 11.7. The number of para-hydroxylation sites is 1.